The summed E-state index contributed by atoms with van der Waals surface area (Å²) < 4.78 is 2.08. The SMILES string of the molecule is CCc1c(CNC)ncn1C. The molecule has 0 fully saturated rings. The second-order valence-corrected chi connectivity index (χ2v) is 2.63. The van der Waals surface area contributed by atoms with Crippen LogP contribution in [-0.2, 0) is 20.0 Å². The molecule has 0 aliphatic heterocycles. The third kappa shape index (κ3) is 1.60. The molecule has 0 amide bonds. The number of nitrogens with one attached hydrogen (secondary N) is 1. The fraction of sp³-hybridized carbons (Fsp3) is 0.625. The Kier molecular flexibility index (Phi) is 2.65. The average molecular weight is 153 g/mol. The van der Waals surface area contributed by atoms with E-state index in [0.29, 0.717) is 0 Å². The van der Waals surface area contributed by atoms with Crippen LogP contribution in [0.5, 0.6) is 0 Å². The predicted molar refractivity (Wildman–Crippen MR) is 45.3 cm³/mol. The van der Waals surface area contributed by atoms with Crippen molar-refractivity contribution >= 4 is 0 Å². The Morgan fingerprint density at radius 3 is 2.91 bits per heavy atom. The van der Waals surface area contributed by atoms with Crippen LogP contribution >= 0.6 is 0 Å². The first-order valence-electron chi connectivity index (χ1n) is 3.93. The highest BCUT2D eigenvalue weighted by Crippen LogP contribution is 2.05. The number of nitrogens with zero attached hydrogens (tertiary/aromatic N) is 2. The van der Waals surface area contributed by atoms with Gasteiger partial charge in [-0.05, 0) is 13.5 Å². The predicted octanol–water partition coefficient (Wildman–Crippen LogP) is 0.702. The van der Waals surface area contributed by atoms with E-state index in [1.54, 1.807) is 0 Å². The molecule has 11 heavy (non-hydrogen) atoms. The summed E-state index contributed by atoms with van der Waals surface area (Å²) >= 11 is 0. The van der Waals surface area contributed by atoms with Gasteiger partial charge in [-0.25, -0.2) is 4.98 Å². The Bertz CT molecular complexity index is 227. The molecule has 0 radical (unpaired) electrons. The van der Waals surface area contributed by atoms with Gasteiger partial charge in [0.2, 0.25) is 0 Å². The van der Waals surface area contributed by atoms with Crippen molar-refractivity contribution in [3.8, 4) is 0 Å². The van der Waals surface area contributed by atoms with Crippen molar-refractivity contribution in [3.05, 3.63) is 17.7 Å². The zero-order valence-electron chi connectivity index (χ0n) is 7.39. The number of rotatable bonds is 3. The summed E-state index contributed by atoms with van der Waals surface area (Å²) in [6.45, 7) is 3.01. The smallest absolute Gasteiger partial charge is 0.0949 e. The molecule has 0 aromatic carbocycles. The Morgan fingerprint density at radius 2 is 2.36 bits per heavy atom. The van der Waals surface area contributed by atoms with Gasteiger partial charge >= 0.3 is 0 Å². The van der Waals surface area contributed by atoms with Gasteiger partial charge in [0.1, 0.15) is 0 Å². The van der Waals surface area contributed by atoms with E-state index in [9.17, 15) is 0 Å². The fourth-order valence-electron chi connectivity index (χ4n) is 1.27. The zero-order chi connectivity index (χ0) is 8.27. The summed E-state index contributed by atoms with van der Waals surface area (Å²) in [5.41, 5.74) is 2.48. The Morgan fingerprint density at radius 1 is 1.64 bits per heavy atom. The minimum atomic E-state index is 0.865. The van der Waals surface area contributed by atoms with E-state index in [-0.39, 0.29) is 0 Å². The number of hydrogen-bond acceptors (Lipinski definition) is 2. The second kappa shape index (κ2) is 3.53. The van der Waals surface area contributed by atoms with Gasteiger partial charge in [0.25, 0.3) is 0 Å². The van der Waals surface area contributed by atoms with E-state index < -0.39 is 0 Å². The maximum atomic E-state index is 4.28. The highest BCUT2D eigenvalue weighted by atomic mass is 15.0. The highest BCUT2D eigenvalue weighted by Gasteiger charge is 2.03. The van der Waals surface area contributed by atoms with Crippen molar-refractivity contribution in [1.82, 2.24) is 14.9 Å². The molecule has 0 atom stereocenters. The molecule has 0 spiro atoms. The van der Waals surface area contributed by atoms with Crippen LogP contribution in [0.15, 0.2) is 6.33 Å². The first-order chi connectivity index (χ1) is 5.29. The first-order valence-corrected chi connectivity index (χ1v) is 3.93. The molecule has 3 heteroatoms. The van der Waals surface area contributed by atoms with Crippen molar-refractivity contribution in [1.29, 1.82) is 0 Å². The molecule has 62 valence electrons. The molecule has 1 aromatic heterocycles. The van der Waals surface area contributed by atoms with Crippen LogP contribution in [0.4, 0.5) is 0 Å². The Balaban J connectivity index is 2.86. The van der Waals surface area contributed by atoms with E-state index in [4.69, 9.17) is 0 Å². The van der Waals surface area contributed by atoms with Gasteiger partial charge in [-0.15, -0.1) is 0 Å². The topological polar surface area (TPSA) is 29.9 Å². The summed E-state index contributed by atoms with van der Waals surface area (Å²) in [7, 11) is 3.97. The third-order valence-electron chi connectivity index (χ3n) is 1.82. The van der Waals surface area contributed by atoms with Gasteiger partial charge in [-0.3, -0.25) is 0 Å². The van der Waals surface area contributed by atoms with E-state index in [2.05, 4.69) is 21.8 Å². The number of imidazole rings is 1. The molecule has 1 rings (SSSR count). The molecular formula is C8H15N3. The highest BCUT2D eigenvalue weighted by molar-refractivity contribution is 5.12. The summed E-state index contributed by atoms with van der Waals surface area (Å²) in [5, 5.41) is 3.10. The van der Waals surface area contributed by atoms with Crippen molar-refractivity contribution in [2.24, 2.45) is 7.05 Å². The minimum Gasteiger partial charge on any atom is -0.337 e. The van der Waals surface area contributed by atoms with E-state index in [0.717, 1.165) is 18.7 Å². The van der Waals surface area contributed by atoms with Crippen molar-refractivity contribution in [2.45, 2.75) is 19.9 Å². The second-order valence-electron chi connectivity index (χ2n) is 2.63. The molecule has 0 aliphatic rings. The molecule has 1 heterocycles. The van der Waals surface area contributed by atoms with Gasteiger partial charge in [0.15, 0.2) is 0 Å². The molecule has 0 unspecified atom stereocenters. The standard InChI is InChI=1S/C8H15N3/c1-4-8-7(5-9-2)10-6-11(8)3/h6,9H,4-5H2,1-3H3. The third-order valence-corrected chi connectivity index (χ3v) is 1.82. The van der Waals surface area contributed by atoms with Gasteiger partial charge in [0.05, 0.1) is 12.0 Å². The summed E-state index contributed by atoms with van der Waals surface area (Å²) in [6, 6.07) is 0. The summed E-state index contributed by atoms with van der Waals surface area (Å²) in [4.78, 5) is 4.28. The van der Waals surface area contributed by atoms with Crippen LogP contribution in [0, 0.1) is 0 Å². The lowest BCUT2D eigenvalue weighted by Crippen LogP contribution is -2.08. The van der Waals surface area contributed by atoms with Crippen LogP contribution in [0.3, 0.4) is 0 Å². The molecule has 0 saturated heterocycles. The van der Waals surface area contributed by atoms with Gasteiger partial charge in [-0.1, -0.05) is 6.92 Å². The van der Waals surface area contributed by atoms with Gasteiger partial charge in [-0.2, -0.15) is 0 Å². The number of aryl methyl sites for hydroxylation is 1. The number of hydrogen-bond donors (Lipinski definition) is 1. The molecule has 1 aromatic rings. The molecule has 0 bridgehead atoms. The van der Waals surface area contributed by atoms with Gasteiger partial charge < -0.3 is 9.88 Å². The number of aromatic nitrogens is 2. The van der Waals surface area contributed by atoms with Crippen LogP contribution in [0.25, 0.3) is 0 Å². The monoisotopic (exact) mass is 153 g/mol. The maximum absolute atomic E-state index is 4.28. The minimum absolute atomic E-state index is 0.865. The molecule has 3 nitrogen and oxygen atoms in total. The quantitative estimate of drug-likeness (QED) is 0.692. The van der Waals surface area contributed by atoms with Crippen LogP contribution < -0.4 is 5.32 Å². The van der Waals surface area contributed by atoms with Crippen LogP contribution in [0.2, 0.25) is 0 Å². The molecule has 0 aliphatic carbocycles. The van der Waals surface area contributed by atoms with E-state index in [1.165, 1.54) is 5.69 Å². The average Bonchev–Trinajstić information content (AvgIpc) is 2.33. The normalized spacial score (nSPS) is 10.5. The van der Waals surface area contributed by atoms with Crippen LogP contribution in [-0.4, -0.2) is 16.6 Å². The fourth-order valence-corrected chi connectivity index (χ4v) is 1.27. The van der Waals surface area contributed by atoms with Crippen molar-refractivity contribution in [3.63, 3.8) is 0 Å². The van der Waals surface area contributed by atoms with E-state index in [1.807, 2.05) is 20.4 Å². The van der Waals surface area contributed by atoms with Crippen molar-refractivity contribution < 1.29 is 0 Å². The maximum Gasteiger partial charge on any atom is 0.0949 e. The molecule has 0 saturated carbocycles. The lowest BCUT2D eigenvalue weighted by molar-refractivity contribution is 0.767. The van der Waals surface area contributed by atoms with E-state index >= 15 is 0 Å². The first kappa shape index (κ1) is 8.27. The lowest BCUT2D eigenvalue weighted by Gasteiger charge is -2.01. The molecular weight excluding hydrogens is 138 g/mol. The molecule has 1 N–H and O–H groups in total. The largest absolute Gasteiger partial charge is 0.337 e. The Hall–Kier alpha value is -0.830. The van der Waals surface area contributed by atoms with Crippen molar-refractivity contribution in [2.75, 3.05) is 7.05 Å². The Labute approximate surface area is 67.4 Å². The van der Waals surface area contributed by atoms with Crippen LogP contribution in [0.1, 0.15) is 18.3 Å². The lowest BCUT2D eigenvalue weighted by atomic mass is 10.2. The zero-order valence-corrected chi connectivity index (χ0v) is 7.39. The van der Waals surface area contributed by atoms with Gasteiger partial charge in [0, 0.05) is 19.3 Å². The summed E-state index contributed by atoms with van der Waals surface area (Å²) in [5.74, 6) is 0. The summed E-state index contributed by atoms with van der Waals surface area (Å²) in [6.07, 6.45) is 2.92.